The van der Waals surface area contributed by atoms with Gasteiger partial charge in [0.05, 0.1) is 16.2 Å². The maximum absolute atomic E-state index is 12.8. The van der Waals surface area contributed by atoms with E-state index in [-0.39, 0.29) is 29.6 Å². The molecule has 2 N–H and O–H groups in total. The van der Waals surface area contributed by atoms with Gasteiger partial charge in [0.25, 0.3) is 21.8 Å². The number of carbonyl (C=O) groups excluding carboxylic acids is 2. The molecule has 10 heteroatoms. The van der Waals surface area contributed by atoms with Crippen LogP contribution in [0.25, 0.3) is 0 Å². The molecule has 0 atom stereocenters. The number of rotatable bonds is 4. The van der Waals surface area contributed by atoms with Gasteiger partial charge in [0.15, 0.2) is 5.84 Å². The normalized spacial score (nSPS) is 17.0. The molecule has 0 spiro atoms. The lowest BCUT2D eigenvalue weighted by atomic mass is 10.1. The number of thiophene rings is 1. The van der Waals surface area contributed by atoms with Gasteiger partial charge in [-0.05, 0) is 41.8 Å². The van der Waals surface area contributed by atoms with Gasteiger partial charge in [-0.2, -0.15) is 0 Å². The Morgan fingerprint density at radius 3 is 2.55 bits per heavy atom. The van der Waals surface area contributed by atoms with Gasteiger partial charge in [0.1, 0.15) is 0 Å². The molecule has 0 saturated carbocycles. The van der Waals surface area contributed by atoms with Crippen LogP contribution in [0.4, 0.5) is 11.4 Å². The first kappa shape index (κ1) is 19.1. The van der Waals surface area contributed by atoms with Crippen LogP contribution in [-0.2, 0) is 14.8 Å². The highest BCUT2D eigenvalue weighted by molar-refractivity contribution is 7.90. The van der Waals surface area contributed by atoms with Crippen molar-refractivity contribution in [2.45, 2.75) is 0 Å². The molecule has 2 aliphatic rings. The summed E-state index contributed by atoms with van der Waals surface area (Å²) in [5.41, 5.74) is 1.14. The highest BCUT2D eigenvalue weighted by Crippen LogP contribution is 2.21. The Kier molecular flexibility index (Phi) is 5.03. The van der Waals surface area contributed by atoms with Crippen molar-refractivity contribution < 1.29 is 18.0 Å². The summed E-state index contributed by atoms with van der Waals surface area (Å²) in [6, 6.07) is 10.2. The maximum Gasteiger partial charge on any atom is 0.265 e. The molecule has 3 heterocycles. The van der Waals surface area contributed by atoms with Crippen LogP contribution >= 0.6 is 11.3 Å². The number of benzene rings is 1. The zero-order chi connectivity index (χ0) is 20.4. The number of allylic oxidation sites excluding steroid dienone is 2. The zero-order valence-corrected chi connectivity index (χ0v) is 16.7. The molecular weight excluding hydrogens is 412 g/mol. The van der Waals surface area contributed by atoms with Crippen molar-refractivity contribution in [3.63, 3.8) is 0 Å². The van der Waals surface area contributed by atoms with Gasteiger partial charge in [-0.1, -0.05) is 12.1 Å². The van der Waals surface area contributed by atoms with E-state index < -0.39 is 15.9 Å². The van der Waals surface area contributed by atoms with E-state index in [0.29, 0.717) is 16.3 Å². The lowest BCUT2D eigenvalue weighted by molar-refractivity contribution is -0.112. The number of amides is 2. The SMILES string of the molecule is O=C(Nc1cccc(NC(=O)c2cccs2)c1)C1=CC=CN2CCS(=O)(=O)N=C12. The minimum atomic E-state index is -3.59. The molecule has 4 rings (SSSR count). The van der Waals surface area contributed by atoms with Gasteiger partial charge in [0, 0.05) is 24.1 Å². The fourth-order valence-corrected chi connectivity index (χ4v) is 4.47. The summed E-state index contributed by atoms with van der Waals surface area (Å²) in [6.07, 6.45) is 4.88. The Hall–Kier alpha value is -3.24. The second kappa shape index (κ2) is 7.64. The van der Waals surface area contributed by atoms with Crippen LogP contribution in [0.15, 0.2) is 70.1 Å². The van der Waals surface area contributed by atoms with Gasteiger partial charge in [-0.15, -0.1) is 15.7 Å². The van der Waals surface area contributed by atoms with E-state index in [9.17, 15) is 18.0 Å². The van der Waals surface area contributed by atoms with Crippen molar-refractivity contribution in [2.24, 2.45) is 4.40 Å². The van der Waals surface area contributed by atoms with Crippen molar-refractivity contribution in [2.75, 3.05) is 22.9 Å². The third kappa shape index (κ3) is 4.28. The minimum Gasteiger partial charge on any atom is -0.331 e. The average molecular weight is 428 g/mol. The number of hydrogen-bond donors (Lipinski definition) is 2. The molecule has 0 aliphatic carbocycles. The number of carbonyl (C=O) groups is 2. The molecule has 0 radical (unpaired) electrons. The Morgan fingerprint density at radius 1 is 1.07 bits per heavy atom. The van der Waals surface area contributed by atoms with Crippen LogP contribution in [0.3, 0.4) is 0 Å². The summed E-state index contributed by atoms with van der Waals surface area (Å²) < 4.78 is 27.4. The molecule has 1 aromatic carbocycles. The number of nitrogens with zero attached hydrogens (tertiary/aromatic N) is 2. The van der Waals surface area contributed by atoms with Crippen molar-refractivity contribution in [3.8, 4) is 0 Å². The molecule has 29 heavy (non-hydrogen) atoms. The highest BCUT2D eigenvalue weighted by Gasteiger charge is 2.30. The van der Waals surface area contributed by atoms with Crippen LogP contribution in [0, 0.1) is 0 Å². The molecule has 0 bridgehead atoms. The van der Waals surface area contributed by atoms with Crippen molar-refractivity contribution in [1.82, 2.24) is 4.90 Å². The fraction of sp³-hybridized carbons (Fsp3) is 0.105. The molecule has 2 aliphatic heterocycles. The summed E-state index contributed by atoms with van der Waals surface area (Å²) in [4.78, 5) is 27.2. The van der Waals surface area contributed by atoms with E-state index in [4.69, 9.17) is 0 Å². The van der Waals surface area contributed by atoms with Gasteiger partial charge in [-0.3, -0.25) is 9.59 Å². The summed E-state index contributed by atoms with van der Waals surface area (Å²) in [6.45, 7) is 0.243. The fourth-order valence-electron chi connectivity index (χ4n) is 2.87. The van der Waals surface area contributed by atoms with Gasteiger partial charge in [-0.25, -0.2) is 8.42 Å². The second-order valence-electron chi connectivity index (χ2n) is 6.28. The first-order valence-corrected chi connectivity index (χ1v) is 11.1. The summed E-state index contributed by atoms with van der Waals surface area (Å²) in [5, 5.41) is 7.32. The standard InChI is InChI=1S/C19H16N4O4S2/c24-18(15-6-2-8-23-9-11-29(26,27)22-17(15)23)20-13-4-1-5-14(12-13)21-19(25)16-7-3-10-28-16/h1-8,10,12H,9,11H2,(H,20,24)(H,21,25). The second-order valence-corrected chi connectivity index (χ2v) is 8.98. The Balaban J connectivity index is 1.51. The predicted octanol–water partition coefficient (Wildman–Crippen LogP) is 2.44. The number of fused-ring (bicyclic) bond motifs is 1. The Morgan fingerprint density at radius 2 is 1.83 bits per heavy atom. The summed E-state index contributed by atoms with van der Waals surface area (Å²) in [5.74, 6) is -0.710. The van der Waals surface area contributed by atoms with Crippen molar-refractivity contribution >= 4 is 50.4 Å². The van der Waals surface area contributed by atoms with E-state index in [0.717, 1.165) is 0 Å². The Labute approximate surface area is 171 Å². The summed E-state index contributed by atoms with van der Waals surface area (Å²) >= 11 is 1.33. The lowest BCUT2D eigenvalue weighted by Gasteiger charge is -2.28. The van der Waals surface area contributed by atoms with E-state index in [1.54, 1.807) is 53.6 Å². The van der Waals surface area contributed by atoms with E-state index >= 15 is 0 Å². The first-order valence-electron chi connectivity index (χ1n) is 8.66. The smallest absolute Gasteiger partial charge is 0.265 e. The molecule has 148 valence electrons. The monoisotopic (exact) mass is 428 g/mol. The first-order chi connectivity index (χ1) is 13.9. The van der Waals surface area contributed by atoms with E-state index in [2.05, 4.69) is 15.0 Å². The van der Waals surface area contributed by atoms with Crippen LogP contribution in [0.5, 0.6) is 0 Å². The maximum atomic E-state index is 12.8. The number of sulfonamides is 1. The van der Waals surface area contributed by atoms with Crippen LogP contribution < -0.4 is 10.6 Å². The third-order valence-electron chi connectivity index (χ3n) is 4.23. The topological polar surface area (TPSA) is 108 Å². The quantitative estimate of drug-likeness (QED) is 0.778. The number of anilines is 2. The van der Waals surface area contributed by atoms with Crippen LogP contribution in [0.2, 0.25) is 0 Å². The zero-order valence-electron chi connectivity index (χ0n) is 15.0. The molecule has 2 aromatic rings. The van der Waals surface area contributed by atoms with Crippen molar-refractivity contribution in [3.05, 3.63) is 70.6 Å². The minimum absolute atomic E-state index is 0.0955. The molecule has 0 unspecified atom stereocenters. The predicted molar refractivity (Wildman–Crippen MR) is 112 cm³/mol. The summed E-state index contributed by atoms with van der Waals surface area (Å²) in [7, 11) is -3.59. The number of hydrogen-bond acceptors (Lipinski definition) is 6. The lowest BCUT2D eigenvalue weighted by Crippen LogP contribution is -2.40. The number of nitrogens with one attached hydrogen (secondary N) is 2. The highest BCUT2D eigenvalue weighted by atomic mass is 32.2. The largest absolute Gasteiger partial charge is 0.331 e. The van der Waals surface area contributed by atoms with Crippen molar-refractivity contribution in [1.29, 1.82) is 0 Å². The molecular formula is C19H16N4O4S2. The Bertz CT molecular complexity index is 1160. The average Bonchev–Trinajstić information content (AvgIpc) is 3.22. The number of amidine groups is 1. The molecule has 2 amide bonds. The van der Waals surface area contributed by atoms with Gasteiger partial charge in [0.2, 0.25) is 0 Å². The van der Waals surface area contributed by atoms with Gasteiger partial charge < -0.3 is 15.5 Å². The molecule has 8 nitrogen and oxygen atoms in total. The van der Waals surface area contributed by atoms with E-state index in [1.165, 1.54) is 17.4 Å². The molecule has 0 saturated heterocycles. The van der Waals surface area contributed by atoms with Crippen LogP contribution in [-0.4, -0.2) is 43.3 Å². The molecule has 0 fully saturated rings. The third-order valence-corrected chi connectivity index (χ3v) is 6.24. The van der Waals surface area contributed by atoms with Crippen LogP contribution in [0.1, 0.15) is 9.67 Å². The van der Waals surface area contributed by atoms with E-state index in [1.807, 2.05) is 5.38 Å². The molecule has 1 aromatic heterocycles. The van der Waals surface area contributed by atoms with Gasteiger partial charge >= 0.3 is 0 Å².